The molecule has 1 saturated heterocycles. The lowest BCUT2D eigenvalue weighted by molar-refractivity contribution is -0.132. The molecule has 22 heavy (non-hydrogen) atoms. The first-order valence-corrected chi connectivity index (χ1v) is 7.83. The summed E-state index contributed by atoms with van der Waals surface area (Å²) in [5.41, 5.74) is 1.13. The normalized spacial score (nSPS) is 15.0. The highest BCUT2D eigenvalue weighted by Gasteiger charge is 2.21. The van der Waals surface area contributed by atoms with Crippen molar-refractivity contribution in [3.8, 4) is 5.75 Å². The first-order valence-electron chi connectivity index (χ1n) is 7.83. The van der Waals surface area contributed by atoms with Crippen molar-refractivity contribution in [2.24, 2.45) is 0 Å². The zero-order chi connectivity index (χ0) is 15.1. The van der Waals surface area contributed by atoms with Crippen molar-refractivity contribution in [1.82, 2.24) is 10.2 Å². The maximum Gasteiger partial charge on any atom is 0.222 e. The lowest BCUT2D eigenvalue weighted by Crippen LogP contribution is -2.43. The molecule has 124 valence electrons. The molecule has 0 atom stereocenters. The van der Waals surface area contributed by atoms with Crippen molar-refractivity contribution in [3.05, 3.63) is 29.8 Å². The molecular weight excluding hydrogens is 300 g/mol. The molecule has 1 aromatic carbocycles. The molecule has 1 fully saturated rings. The molecule has 1 aliphatic rings. The average Bonchev–Trinajstić information content (AvgIpc) is 2.53. The standard InChI is InChI=1S/C17H26N2O2.ClH/c1-14-6-3-4-7-16(14)21-13-5-8-17(20)19(2)15-9-11-18-12-10-15;/h3-4,6-7,15,18H,5,8-13H2,1-2H3;1H. The van der Waals surface area contributed by atoms with Crippen LogP contribution in [-0.2, 0) is 4.79 Å². The number of nitrogens with zero attached hydrogens (tertiary/aromatic N) is 1. The number of carbonyl (C=O) groups is 1. The number of nitrogens with one attached hydrogen (secondary N) is 1. The molecular formula is C17H27ClN2O2. The SMILES string of the molecule is Cc1ccccc1OCCCC(=O)N(C)C1CCNCC1.Cl. The van der Waals surface area contributed by atoms with Crippen LogP contribution in [0.4, 0.5) is 0 Å². The highest BCUT2D eigenvalue weighted by molar-refractivity contribution is 5.85. The highest BCUT2D eigenvalue weighted by Crippen LogP contribution is 2.17. The number of hydrogen-bond donors (Lipinski definition) is 1. The first kappa shape index (κ1) is 18.8. The van der Waals surface area contributed by atoms with Crippen LogP contribution in [0.15, 0.2) is 24.3 Å². The zero-order valence-electron chi connectivity index (χ0n) is 13.5. The van der Waals surface area contributed by atoms with Gasteiger partial charge in [0.15, 0.2) is 0 Å². The van der Waals surface area contributed by atoms with E-state index in [1.807, 2.05) is 43.1 Å². The summed E-state index contributed by atoms with van der Waals surface area (Å²) >= 11 is 0. The van der Waals surface area contributed by atoms with Gasteiger partial charge in [-0.1, -0.05) is 18.2 Å². The fourth-order valence-corrected chi connectivity index (χ4v) is 2.70. The van der Waals surface area contributed by atoms with Crippen LogP contribution in [0.2, 0.25) is 0 Å². The van der Waals surface area contributed by atoms with Crippen LogP contribution in [-0.4, -0.2) is 43.6 Å². The van der Waals surface area contributed by atoms with E-state index >= 15 is 0 Å². The van der Waals surface area contributed by atoms with Crippen LogP contribution >= 0.6 is 12.4 Å². The van der Waals surface area contributed by atoms with Gasteiger partial charge in [0.25, 0.3) is 0 Å². The van der Waals surface area contributed by atoms with Crippen LogP contribution in [0.5, 0.6) is 5.75 Å². The minimum absolute atomic E-state index is 0. The van der Waals surface area contributed by atoms with Gasteiger partial charge < -0.3 is 15.0 Å². The summed E-state index contributed by atoms with van der Waals surface area (Å²) in [7, 11) is 1.93. The molecule has 0 spiro atoms. The summed E-state index contributed by atoms with van der Waals surface area (Å²) in [5.74, 6) is 1.15. The molecule has 1 N–H and O–H groups in total. The second kappa shape index (κ2) is 9.70. The number of rotatable bonds is 6. The monoisotopic (exact) mass is 326 g/mol. The van der Waals surface area contributed by atoms with E-state index in [1.165, 1.54) is 0 Å². The fraction of sp³-hybridized carbons (Fsp3) is 0.588. The molecule has 1 heterocycles. The van der Waals surface area contributed by atoms with Crippen LogP contribution < -0.4 is 10.1 Å². The Bertz CT molecular complexity index is 462. The van der Waals surface area contributed by atoms with Crippen LogP contribution in [0, 0.1) is 6.92 Å². The molecule has 4 nitrogen and oxygen atoms in total. The number of piperidine rings is 1. The maximum atomic E-state index is 12.2. The topological polar surface area (TPSA) is 41.6 Å². The Labute approximate surface area is 139 Å². The average molecular weight is 327 g/mol. The quantitative estimate of drug-likeness (QED) is 0.817. The number of benzene rings is 1. The molecule has 5 heteroatoms. The van der Waals surface area contributed by atoms with Gasteiger partial charge in [-0.05, 0) is 50.9 Å². The van der Waals surface area contributed by atoms with Crippen molar-refractivity contribution in [3.63, 3.8) is 0 Å². The number of halogens is 1. The predicted octanol–water partition coefficient (Wildman–Crippen LogP) is 2.79. The van der Waals surface area contributed by atoms with Gasteiger partial charge in [0.1, 0.15) is 5.75 Å². The molecule has 1 amide bonds. The minimum atomic E-state index is 0. The van der Waals surface area contributed by atoms with Crippen molar-refractivity contribution in [1.29, 1.82) is 0 Å². The molecule has 0 aliphatic carbocycles. The number of para-hydroxylation sites is 1. The third-order valence-electron chi connectivity index (χ3n) is 4.14. The number of amides is 1. The fourth-order valence-electron chi connectivity index (χ4n) is 2.70. The predicted molar refractivity (Wildman–Crippen MR) is 91.8 cm³/mol. The van der Waals surface area contributed by atoms with E-state index in [2.05, 4.69) is 5.32 Å². The molecule has 0 aromatic heterocycles. The Balaban J connectivity index is 0.00000242. The van der Waals surface area contributed by atoms with Crippen molar-refractivity contribution in [2.45, 2.75) is 38.6 Å². The second-order valence-corrected chi connectivity index (χ2v) is 5.70. The third kappa shape index (κ3) is 5.50. The van der Waals surface area contributed by atoms with E-state index in [4.69, 9.17) is 4.74 Å². The molecule has 1 aromatic rings. The summed E-state index contributed by atoms with van der Waals surface area (Å²) in [6.45, 7) is 4.65. The lowest BCUT2D eigenvalue weighted by Gasteiger charge is -2.31. The summed E-state index contributed by atoms with van der Waals surface area (Å²) in [6.07, 6.45) is 3.44. The number of ether oxygens (including phenoxy) is 1. The van der Waals surface area contributed by atoms with Gasteiger partial charge in [-0.15, -0.1) is 12.4 Å². The van der Waals surface area contributed by atoms with E-state index in [0.29, 0.717) is 19.1 Å². The Morgan fingerprint density at radius 2 is 2.00 bits per heavy atom. The first-order chi connectivity index (χ1) is 10.2. The number of carbonyl (C=O) groups excluding carboxylic acids is 1. The van der Waals surface area contributed by atoms with Gasteiger partial charge in [-0.25, -0.2) is 0 Å². The minimum Gasteiger partial charge on any atom is -0.493 e. The molecule has 1 aliphatic heterocycles. The van der Waals surface area contributed by atoms with E-state index in [9.17, 15) is 4.79 Å². The molecule has 0 radical (unpaired) electrons. The Hall–Kier alpha value is -1.26. The number of hydrogen-bond acceptors (Lipinski definition) is 3. The van der Waals surface area contributed by atoms with Crippen LogP contribution in [0.25, 0.3) is 0 Å². The molecule has 0 unspecified atom stereocenters. The Morgan fingerprint density at radius 3 is 2.68 bits per heavy atom. The van der Waals surface area contributed by atoms with Crippen molar-refractivity contribution in [2.75, 3.05) is 26.7 Å². The maximum absolute atomic E-state index is 12.2. The highest BCUT2D eigenvalue weighted by atomic mass is 35.5. The summed E-state index contributed by atoms with van der Waals surface area (Å²) in [4.78, 5) is 14.1. The smallest absolute Gasteiger partial charge is 0.222 e. The molecule has 0 bridgehead atoms. The van der Waals surface area contributed by atoms with Crippen LogP contribution in [0.1, 0.15) is 31.2 Å². The van der Waals surface area contributed by atoms with Gasteiger partial charge in [0.05, 0.1) is 6.61 Å². The van der Waals surface area contributed by atoms with E-state index in [-0.39, 0.29) is 18.3 Å². The van der Waals surface area contributed by atoms with Crippen LogP contribution in [0.3, 0.4) is 0 Å². The second-order valence-electron chi connectivity index (χ2n) is 5.70. The molecule has 2 rings (SSSR count). The van der Waals surface area contributed by atoms with Crippen molar-refractivity contribution >= 4 is 18.3 Å². The lowest BCUT2D eigenvalue weighted by atomic mass is 10.0. The third-order valence-corrected chi connectivity index (χ3v) is 4.14. The van der Waals surface area contributed by atoms with Gasteiger partial charge in [-0.3, -0.25) is 4.79 Å². The van der Waals surface area contributed by atoms with Gasteiger partial charge in [0, 0.05) is 19.5 Å². The van der Waals surface area contributed by atoms with E-state index in [0.717, 1.165) is 43.7 Å². The summed E-state index contributed by atoms with van der Waals surface area (Å²) < 4.78 is 5.73. The van der Waals surface area contributed by atoms with Gasteiger partial charge in [0.2, 0.25) is 5.91 Å². The Morgan fingerprint density at radius 1 is 1.32 bits per heavy atom. The van der Waals surface area contributed by atoms with Gasteiger partial charge >= 0.3 is 0 Å². The van der Waals surface area contributed by atoms with Crippen molar-refractivity contribution < 1.29 is 9.53 Å². The largest absolute Gasteiger partial charge is 0.493 e. The van der Waals surface area contributed by atoms with E-state index in [1.54, 1.807) is 0 Å². The zero-order valence-corrected chi connectivity index (χ0v) is 14.3. The number of aryl methyl sites for hydroxylation is 1. The van der Waals surface area contributed by atoms with Gasteiger partial charge in [-0.2, -0.15) is 0 Å². The van der Waals surface area contributed by atoms with E-state index < -0.39 is 0 Å². The summed E-state index contributed by atoms with van der Waals surface area (Å²) in [5, 5.41) is 3.33. The molecule has 0 saturated carbocycles. The summed E-state index contributed by atoms with van der Waals surface area (Å²) in [6, 6.07) is 8.37. The Kier molecular flexibility index (Phi) is 8.28.